The number of sulfonamides is 1. The minimum Gasteiger partial charge on any atom is -0.212 e. The van der Waals surface area contributed by atoms with Crippen LogP contribution in [0.5, 0.6) is 0 Å². The van der Waals surface area contributed by atoms with Crippen molar-refractivity contribution in [2.45, 2.75) is 38.4 Å². The fourth-order valence-electron chi connectivity index (χ4n) is 1.93. The molecule has 1 heterocycles. The summed E-state index contributed by atoms with van der Waals surface area (Å²) < 4.78 is 25.7. The molecule has 1 fully saturated rings. The lowest BCUT2D eigenvalue weighted by Crippen LogP contribution is -2.44. The molecule has 0 bridgehead atoms. The fourth-order valence-corrected chi connectivity index (χ4v) is 3.87. The van der Waals surface area contributed by atoms with Gasteiger partial charge in [-0.15, -0.1) is 11.6 Å². The second kappa shape index (κ2) is 5.51. The molecule has 0 aromatic carbocycles. The quantitative estimate of drug-likeness (QED) is 0.720. The summed E-state index contributed by atoms with van der Waals surface area (Å²) in [4.78, 5) is 0. The Morgan fingerprint density at radius 3 is 2.73 bits per heavy atom. The van der Waals surface area contributed by atoms with E-state index in [4.69, 9.17) is 11.6 Å². The number of piperidine rings is 1. The van der Waals surface area contributed by atoms with Crippen molar-refractivity contribution in [2.75, 3.05) is 19.0 Å². The SMILES string of the molecule is CCC1CCCN(S(=O)(=O)C(C)CCl)C1. The van der Waals surface area contributed by atoms with Gasteiger partial charge in [0.1, 0.15) is 0 Å². The van der Waals surface area contributed by atoms with E-state index in [2.05, 4.69) is 6.92 Å². The Morgan fingerprint density at radius 2 is 2.20 bits per heavy atom. The number of hydrogen-bond donors (Lipinski definition) is 0. The van der Waals surface area contributed by atoms with Crippen LogP contribution in [-0.4, -0.2) is 36.9 Å². The Morgan fingerprint density at radius 1 is 1.53 bits per heavy atom. The molecule has 5 heteroatoms. The number of hydrogen-bond acceptors (Lipinski definition) is 2. The highest BCUT2D eigenvalue weighted by atomic mass is 35.5. The van der Waals surface area contributed by atoms with Crippen LogP contribution in [0, 0.1) is 5.92 Å². The van der Waals surface area contributed by atoms with Crippen LogP contribution >= 0.6 is 11.6 Å². The molecule has 2 unspecified atom stereocenters. The summed E-state index contributed by atoms with van der Waals surface area (Å²) in [5, 5.41) is -0.463. The van der Waals surface area contributed by atoms with E-state index in [9.17, 15) is 8.42 Å². The van der Waals surface area contributed by atoms with E-state index in [-0.39, 0.29) is 5.88 Å². The van der Waals surface area contributed by atoms with Gasteiger partial charge in [0.05, 0.1) is 5.25 Å². The molecule has 0 amide bonds. The van der Waals surface area contributed by atoms with Crippen molar-refractivity contribution in [1.29, 1.82) is 0 Å². The summed E-state index contributed by atoms with van der Waals surface area (Å²) in [6.07, 6.45) is 3.19. The molecular weight excluding hydrogens is 234 g/mol. The van der Waals surface area contributed by atoms with Crippen molar-refractivity contribution in [3.8, 4) is 0 Å². The zero-order valence-electron chi connectivity index (χ0n) is 9.45. The van der Waals surface area contributed by atoms with Crippen LogP contribution in [0.25, 0.3) is 0 Å². The van der Waals surface area contributed by atoms with Gasteiger partial charge in [-0.3, -0.25) is 0 Å². The van der Waals surface area contributed by atoms with Crippen molar-refractivity contribution >= 4 is 21.6 Å². The Labute approximate surface area is 97.8 Å². The molecule has 0 saturated carbocycles. The summed E-state index contributed by atoms with van der Waals surface area (Å²) in [5.41, 5.74) is 0. The highest BCUT2D eigenvalue weighted by Gasteiger charge is 2.31. The molecule has 0 aliphatic carbocycles. The molecule has 15 heavy (non-hydrogen) atoms. The average Bonchev–Trinajstić information content (AvgIpc) is 2.27. The third-order valence-corrected chi connectivity index (χ3v) is 6.03. The summed E-state index contributed by atoms with van der Waals surface area (Å²) in [5.74, 6) is 0.700. The molecule has 90 valence electrons. The van der Waals surface area contributed by atoms with E-state index in [1.54, 1.807) is 11.2 Å². The zero-order chi connectivity index (χ0) is 11.5. The molecule has 1 aliphatic heterocycles. The topological polar surface area (TPSA) is 37.4 Å². The number of halogens is 1. The Hall–Kier alpha value is 0.200. The van der Waals surface area contributed by atoms with Gasteiger partial charge in [-0.1, -0.05) is 13.3 Å². The summed E-state index contributed by atoms with van der Waals surface area (Å²) in [6.45, 7) is 5.14. The van der Waals surface area contributed by atoms with Crippen molar-refractivity contribution < 1.29 is 8.42 Å². The van der Waals surface area contributed by atoms with Gasteiger partial charge in [0.25, 0.3) is 0 Å². The van der Waals surface area contributed by atoms with Crippen molar-refractivity contribution in [1.82, 2.24) is 4.31 Å². The van der Waals surface area contributed by atoms with Gasteiger partial charge in [0.2, 0.25) is 10.0 Å². The molecule has 0 spiro atoms. The third-order valence-electron chi connectivity index (χ3n) is 3.14. The first-order valence-electron chi connectivity index (χ1n) is 5.57. The summed E-state index contributed by atoms with van der Waals surface area (Å²) in [7, 11) is -3.15. The number of nitrogens with zero attached hydrogens (tertiary/aromatic N) is 1. The molecule has 1 aliphatic rings. The number of alkyl halides is 1. The molecule has 0 N–H and O–H groups in total. The molecule has 0 aromatic rings. The lowest BCUT2D eigenvalue weighted by Gasteiger charge is -2.32. The minimum atomic E-state index is -3.15. The van der Waals surface area contributed by atoms with Crippen LogP contribution < -0.4 is 0 Å². The number of rotatable bonds is 4. The van der Waals surface area contributed by atoms with Gasteiger partial charge in [0.15, 0.2) is 0 Å². The maximum absolute atomic E-state index is 12.0. The molecule has 2 atom stereocenters. The average molecular weight is 254 g/mol. The van der Waals surface area contributed by atoms with Crippen molar-refractivity contribution in [3.05, 3.63) is 0 Å². The largest absolute Gasteiger partial charge is 0.217 e. The second-order valence-corrected chi connectivity index (χ2v) is 6.94. The maximum atomic E-state index is 12.0. The molecule has 1 rings (SSSR count). The normalized spacial score (nSPS) is 26.5. The van der Waals surface area contributed by atoms with Crippen LogP contribution in [0.15, 0.2) is 0 Å². The predicted molar refractivity (Wildman–Crippen MR) is 63.7 cm³/mol. The first-order chi connectivity index (χ1) is 7.02. The third kappa shape index (κ3) is 3.08. The van der Waals surface area contributed by atoms with Gasteiger partial charge < -0.3 is 0 Å². The Balaban J connectivity index is 2.70. The molecule has 0 aromatic heterocycles. The Bertz CT molecular complexity index is 292. The van der Waals surface area contributed by atoms with Crippen molar-refractivity contribution in [2.24, 2.45) is 5.92 Å². The zero-order valence-corrected chi connectivity index (χ0v) is 11.0. The van der Waals surface area contributed by atoms with Crippen molar-refractivity contribution in [3.63, 3.8) is 0 Å². The highest BCUT2D eigenvalue weighted by Crippen LogP contribution is 2.23. The lowest BCUT2D eigenvalue weighted by atomic mass is 9.97. The molecule has 1 saturated heterocycles. The minimum absolute atomic E-state index is 0.176. The predicted octanol–water partition coefficient (Wildman–Crippen LogP) is 2.07. The van der Waals surface area contributed by atoms with E-state index < -0.39 is 15.3 Å². The van der Waals surface area contributed by atoms with E-state index >= 15 is 0 Å². The first-order valence-corrected chi connectivity index (χ1v) is 7.61. The van der Waals surface area contributed by atoms with Gasteiger partial charge in [-0.2, -0.15) is 0 Å². The molecule has 0 radical (unpaired) electrons. The van der Waals surface area contributed by atoms with Crippen LogP contribution in [0.3, 0.4) is 0 Å². The standard InChI is InChI=1S/C10H20ClNO2S/c1-3-10-5-4-6-12(8-10)15(13,14)9(2)7-11/h9-10H,3-8H2,1-2H3. The van der Waals surface area contributed by atoms with E-state index in [1.165, 1.54) is 0 Å². The van der Waals surface area contributed by atoms with Crippen LogP contribution in [-0.2, 0) is 10.0 Å². The van der Waals surface area contributed by atoms with E-state index in [0.29, 0.717) is 19.0 Å². The van der Waals surface area contributed by atoms with Crippen LogP contribution in [0.1, 0.15) is 33.1 Å². The highest BCUT2D eigenvalue weighted by molar-refractivity contribution is 7.89. The van der Waals surface area contributed by atoms with Gasteiger partial charge in [0, 0.05) is 19.0 Å². The van der Waals surface area contributed by atoms with Crippen LogP contribution in [0.4, 0.5) is 0 Å². The smallest absolute Gasteiger partial charge is 0.212 e. The second-order valence-electron chi connectivity index (χ2n) is 4.28. The molecule has 3 nitrogen and oxygen atoms in total. The summed E-state index contributed by atoms with van der Waals surface area (Å²) in [6, 6.07) is 0. The van der Waals surface area contributed by atoms with Gasteiger partial charge >= 0.3 is 0 Å². The fraction of sp³-hybridized carbons (Fsp3) is 1.00. The van der Waals surface area contributed by atoms with Gasteiger partial charge in [-0.05, 0) is 25.7 Å². The van der Waals surface area contributed by atoms with Gasteiger partial charge in [-0.25, -0.2) is 12.7 Å². The first kappa shape index (κ1) is 13.3. The van der Waals surface area contributed by atoms with E-state index in [1.807, 2.05) is 0 Å². The maximum Gasteiger partial charge on any atom is 0.217 e. The summed E-state index contributed by atoms with van der Waals surface area (Å²) >= 11 is 5.62. The van der Waals surface area contributed by atoms with E-state index in [0.717, 1.165) is 19.3 Å². The lowest BCUT2D eigenvalue weighted by molar-refractivity contribution is 0.260. The van der Waals surface area contributed by atoms with Crippen LogP contribution in [0.2, 0.25) is 0 Å². The molecular formula is C10H20ClNO2S. The Kier molecular flexibility index (Phi) is 4.87. The monoisotopic (exact) mass is 253 g/mol.